The fourth-order valence-corrected chi connectivity index (χ4v) is 4.98. The highest BCUT2D eigenvalue weighted by atomic mass is 19.4. The van der Waals surface area contributed by atoms with Gasteiger partial charge in [-0.1, -0.05) is 130 Å². The second kappa shape index (κ2) is 18.8. The highest BCUT2D eigenvalue weighted by Gasteiger charge is 2.48. The molecule has 1 N–H and O–H groups in total. The summed E-state index contributed by atoms with van der Waals surface area (Å²) in [6.45, 7) is 5.42. The van der Waals surface area contributed by atoms with Gasteiger partial charge in [0.05, 0.1) is 12.8 Å². The number of alkyl halides is 6. The zero-order valence-electron chi connectivity index (χ0n) is 22.0. The Morgan fingerprint density at radius 2 is 0.794 bits per heavy atom. The molecule has 206 valence electrons. The molecule has 0 fully saturated rings. The Hall–Kier alpha value is -0.460. The summed E-state index contributed by atoms with van der Waals surface area (Å²) in [5.41, 5.74) is -1.97. The Kier molecular flexibility index (Phi) is 18.5. The van der Waals surface area contributed by atoms with Crippen molar-refractivity contribution in [3.05, 3.63) is 0 Å². The summed E-state index contributed by atoms with van der Waals surface area (Å²) < 4.78 is 78.5. The molecular formula is C27H51F6N. The Bertz CT molecular complexity index is 443. The Morgan fingerprint density at radius 3 is 1.06 bits per heavy atom. The summed E-state index contributed by atoms with van der Waals surface area (Å²) in [6, 6.07) is -0.449. The summed E-state index contributed by atoms with van der Waals surface area (Å²) >= 11 is 0. The Balaban J connectivity index is 3.98. The first-order valence-corrected chi connectivity index (χ1v) is 13.8. The van der Waals surface area contributed by atoms with Crippen molar-refractivity contribution in [2.75, 3.05) is 0 Å². The second-order valence-electron chi connectivity index (χ2n) is 10.6. The highest BCUT2D eigenvalue weighted by Crippen LogP contribution is 2.39. The topological polar surface area (TPSA) is 12.0 Å². The van der Waals surface area contributed by atoms with Gasteiger partial charge in [0, 0.05) is 11.6 Å². The molecule has 0 aromatic heterocycles. The van der Waals surface area contributed by atoms with Crippen LogP contribution in [0.25, 0.3) is 0 Å². The summed E-state index contributed by atoms with van der Waals surface area (Å²) in [6.07, 6.45) is 7.42. The van der Waals surface area contributed by atoms with E-state index < -0.39 is 36.8 Å². The van der Waals surface area contributed by atoms with Gasteiger partial charge in [0.1, 0.15) is 0 Å². The molecular weight excluding hydrogens is 452 g/mol. The van der Waals surface area contributed by atoms with E-state index in [1.165, 1.54) is 70.6 Å². The van der Waals surface area contributed by atoms with E-state index in [0.29, 0.717) is 12.8 Å². The van der Waals surface area contributed by atoms with Crippen LogP contribution in [0.1, 0.15) is 149 Å². The third-order valence-corrected chi connectivity index (χ3v) is 6.43. The van der Waals surface area contributed by atoms with Crippen LogP contribution in [-0.2, 0) is 0 Å². The maximum Gasteiger partial charge on any atom is 0.390 e. The van der Waals surface area contributed by atoms with Crippen molar-refractivity contribution in [1.82, 2.24) is 5.32 Å². The van der Waals surface area contributed by atoms with Gasteiger partial charge >= 0.3 is 12.4 Å². The first-order chi connectivity index (χ1) is 15.9. The average Bonchev–Trinajstić information content (AvgIpc) is 2.67. The lowest BCUT2D eigenvalue weighted by molar-refractivity contribution is -0.184. The minimum atomic E-state index is -4.64. The predicted octanol–water partition coefficient (Wildman–Crippen LogP) is 10.7. The first-order valence-electron chi connectivity index (χ1n) is 13.8. The van der Waals surface area contributed by atoms with E-state index in [0.717, 1.165) is 25.7 Å². The molecule has 0 unspecified atom stereocenters. The molecule has 0 rings (SSSR count). The maximum atomic E-state index is 13.1. The van der Waals surface area contributed by atoms with E-state index in [-0.39, 0.29) is 6.42 Å². The zero-order chi connectivity index (χ0) is 25.9. The molecule has 7 heteroatoms. The van der Waals surface area contributed by atoms with Gasteiger partial charge in [-0.05, 0) is 6.42 Å². The third kappa shape index (κ3) is 22.0. The van der Waals surface area contributed by atoms with Crippen molar-refractivity contribution in [2.24, 2.45) is 0 Å². The van der Waals surface area contributed by atoms with Gasteiger partial charge in [0.2, 0.25) is 0 Å². The lowest BCUT2D eigenvalue weighted by Crippen LogP contribution is -2.53. The molecule has 0 aromatic rings. The molecule has 1 nitrogen and oxygen atoms in total. The van der Waals surface area contributed by atoms with E-state index in [4.69, 9.17) is 0 Å². The molecule has 0 saturated carbocycles. The van der Waals surface area contributed by atoms with Crippen molar-refractivity contribution in [3.8, 4) is 0 Å². The van der Waals surface area contributed by atoms with Gasteiger partial charge in [-0.25, -0.2) is 0 Å². The largest absolute Gasteiger partial charge is 0.390 e. The van der Waals surface area contributed by atoms with Gasteiger partial charge in [-0.3, -0.25) is 0 Å². The van der Waals surface area contributed by atoms with Crippen molar-refractivity contribution < 1.29 is 26.3 Å². The Labute approximate surface area is 205 Å². The molecule has 0 saturated heterocycles. The standard InChI is InChI=1S/C27H51F6N/c1-4-5-6-7-8-9-10-11-12-13-14-15-16-17-18-19-20-21-25(34-24(2)3,22-26(28,29)30)23-27(31,32)33/h24,34H,4-23H2,1-3H3. The minimum Gasteiger partial charge on any atom is -0.308 e. The summed E-state index contributed by atoms with van der Waals surface area (Å²) in [4.78, 5) is 0. The number of hydrogen-bond acceptors (Lipinski definition) is 1. The maximum absolute atomic E-state index is 13.1. The molecule has 0 radical (unpaired) electrons. The SMILES string of the molecule is CCCCCCCCCCCCCCCCCCCC(CC(F)(F)F)(CC(F)(F)F)NC(C)C. The smallest absolute Gasteiger partial charge is 0.308 e. The molecule has 0 amide bonds. The molecule has 34 heavy (non-hydrogen) atoms. The van der Waals surface area contributed by atoms with Crippen LogP contribution in [0.4, 0.5) is 26.3 Å². The van der Waals surface area contributed by atoms with E-state index in [2.05, 4.69) is 12.2 Å². The van der Waals surface area contributed by atoms with Crippen molar-refractivity contribution >= 4 is 0 Å². The van der Waals surface area contributed by atoms with Crippen LogP contribution in [0.15, 0.2) is 0 Å². The fraction of sp³-hybridized carbons (Fsp3) is 1.00. The van der Waals surface area contributed by atoms with Crippen molar-refractivity contribution in [1.29, 1.82) is 0 Å². The number of unbranched alkanes of at least 4 members (excludes halogenated alkanes) is 16. The van der Waals surface area contributed by atoms with Gasteiger partial charge in [-0.2, -0.15) is 26.3 Å². The summed E-state index contributed by atoms with van der Waals surface area (Å²) in [5.74, 6) is 0. The molecule has 0 spiro atoms. The molecule has 0 aromatic carbocycles. The lowest BCUT2D eigenvalue weighted by atomic mass is 9.84. The average molecular weight is 504 g/mol. The third-order valence-electron chi connectivity index (χ3n) is 6.43. The number of hydrogen-bond donors (Lipinski definition) is 1. The highest BCUT2D eigenvalue weighted by molar-refractivity contribution is 4.93. The Morgan fingerprint density at radius 1 is 0.500 bits per heavy atom. The first kappa shape index (κ1) is 33.5. The molecule has 0 aliphatic heterocycles. The number of rotatable bonds is 22. The molecule has 0 heterocycles. The van der Waals surface area contributed by atoms with E-state index in [9.17, 15) is 26.3 Å². The summed E-state index contributed by atoms with van der Waals surface area (Å²) in [5, 5.41) is 2.62. The van der Waals surface area contributed by atoms with Crippen LogP contribution < -0.4 is 5.32 Å². The number of nitrogens with one attached hydrogen (secondary N) is 1. The minimum absolute atomic E-state index is 0.108. The molecule has 0 aliphatic carbocycles. The van der Waals surface area contributed by atoms with E-state index in [1.807, 2.05) is 0 Å². The lowest BCUT2D eigenvalue weighted by Gasteiger charge is -2.38. The predicted molar refractivity (Wildman–Crippen MR) is 131 cm³/mol. The zero-order valence-corrected chi connectivity index (χ0v) is 22.0. The molecule has 0 bridgehead atoms. The van der Waals surface area contributed by atoms with E-state index >= 15 is 0 Å². The van der Waals surface area contributed by atoms with Crippen LogP contribution in [0, 0.1) is 0 Å². The van der Waals surface area contributed by atoms with Crippen LogP contribution in [0.2, 0.25) is 0 Å². The molecule has 0 aliphatic rings. The number of halogens is 6. The van der Waals surface area contributed by atoms with Gasteiger partial charge in [0.15, 0.2) is 0 Å². The quantitative estimate of drug-likeness (QED) is 0.114. The van der Waals surface area contributed by atoms with Crippen LogP contribution in [0.5, 0.6) is 0 Å². The van der Waals surface area contributed by atoms with Gasteiger partial charge in [0.25, 0.3) is 0 Å². The van der Waals surface area contributed by atoms with Crippen LogP contribution in [0.3, 0.4) is 0 Å². The fourth-order valence-electron chi connectivity index (χ4n) is 4.98. The normalized spacial score (nSPS) is 13.2. The molecule has 0 atom stereocenters. The van der Waals surface area contributed by atoms with Crippen LogP contribution in [-0.4, -0.2) is 23.9 Å². The second-order valence-corrected chi connectivity index (χ2v) is 10.6. The monoisotopic (exact) mass is 503 g/mol. The van der Waals surface area contributed by atoms with E-state index in [1.54, 1.807) is 13.8 Å². The van der Waals surface area contributed by atoms with Gasteiger partial charge < -0.3 is 5.32 Å². The van der Waals surface area contributed by atoms with Gasteiger partial charge in [-0.15, -0.1) is 0 Å². The van der Waals surface area contributed by atoms with Crippen molar-refractivity contribution in [3.63, 3.8) is 0 Å². The van der Waals surface area contributed by atoms with Crippen molar-refractivity contribution in [2.45, 2.75) is 173 Å². The van der Waals surface area contributed by atoms with Crippen LogP contribution >= 0.6 is 0 Å². The summed E-state index contributed by atoms with van der Waals surface area (Å²) in [7, 11) is 0.